The molecule has 0 aliphatic heterocycles. The Morgan fingerprint density at radius 3 is 2.38 bits per heavy atom. The summed E-state index contributed by atoms with van der Waals surface area (Å²) in [6.07, 6.45) is 2.33. The van der Waals surface area contributed by atoms with Crippen LogP contribution in [0.5, 0.6) is 0 Å². The van der Waals surface area contributed by atoms with Crippen LogP contribution in [0.4, 0.5) is 0 Å². The molecule has 2 atom stereocenters. The van der Waals surface area contributed by atoms with E-state index in [0.717, 1.165) is 13.0 Å². The molecule has 0 fully saturated rings. The van der Waals surface area contributed by atoms with Crippen molar-refractivity contribution in [2.24, 2.45) is 0 Å². The van der Waals surface area contributed by atoms with E-state index in [2.05, 4.69) is 55.5 Å². The highest BCUT2D eigenvalue weighted by molar-refractivity contribution is 5.32. The van der Waals surface area contributed by atoms with Crippen LogP contribution in [0, 0.1) is 0 Å². The molecular weight excluding hydrogens is 196 g/mol. The lowest BCUT2D eigenvalue weighted by Gasteiger charge is -2.37. The molecule has 1 aliphatic carbocycles. The van der Waals surface area contributed by atoms with E-state index in [0.29, 0.717) is 12.1 Å². The van der Waals surface area contributed by atoms with Gasteiger partial charge in [0.05, 0.1) is 0 Å². The fourth-order valence-corrected chi connectivity index (χ4v) is 2.71. The van der Waals surface area contributed by atoms with E-state index in [1.54, 1.807) is 0 Å². The van der Waals surface area contributed by atoms with Gasteiger partial charge in [-0.3, -0.25) is 0 Å². The zero-order chi connectivity index (χ0) is 11.5. The summed E-state index contributed by atoms with van der Waals surface area (Å²) in [5, 5.41) is 3.62. The monoisotopic (exact) mass is 218 g/mol. The topological polar surface area (TPSA) is 15.3 Å². The maximum Gasteiger partial charge on any atom is 0.0286 e. The van der Waals surface area contributed by atoms with Gasteiger partial charge in [-0.05, 0) is 44.6 Å². The molecule has 1 aromatic rings. The van der Waals surface area contributed by atoms with Crippen molar-refractivity contribution in [3.8, 4) is 0 Å². The molecule has 1 aliphatic rings. The SMILES string of the molecule is CCN[C@@H]1Cc2ccccc2C[C@H]1N(C)C. The van der Waals surface area contributed by atoms with Gasteiger partial charge in [0.2, 0.25) is 0 Å². The van der Waals surface area contributed by atoms with E-state index < -0.39 is 0 Å². The Labute approximate surface area is 98.7 Å². The van der Waals surface area contributed by atoms with Gasteiger partial charge in [-0.25, -0.2) is 0 Å². The van der Waals surface area contributed by atoms with Crippen LogP contribution in [0.3, 0.4) is 0 Å². The minimum absolute atomic E-state index is 0.592. The van der Waals surface area contributed by atoms with E-state index in [4.69, 9.17) is 0 Å². The molecule has 0 amide bonds. The molecule has 0 saturated heterocycles. The maximum atomic E-state index is 3.62. The first-order valence-corrected chi connectivity index (χ1v) is 6.19. The van der Waals surface area contributed by atoms with Crippen LogP contribution >= 0.6 is 0 Å². The summed E-state index contributed by atoms with van der Waals surface area (Å²) in [6.45, 7) is 3.24. The highest BCUT2D eigenvalue weighted by atomic mass is 15.1. The lowest BCUT2D eigenvalue weighted by Crippen LogP contribution is -2.52. The number of benzene rings is 1. The Morgan fingerprint density at radius 1 is 1.19 bits per heavy atom. The average molecular weight is 218 g/mol. The lowest BCUT2D eigenvalue weighted by molar-refractivity contribution is 0.216. The quantitative estimate of drug-likeness (QED) is 0.830. The summed E-state index contributed by atoms with van der Waals surface area (Å²) in [7, 11) is 4.37. The van der Waals surface area contributed by atoms with Crippen molar-refractivity contribution in [2.45, 2.75) is 31.8 Å². The third-order valence-electron chi connectivity index (χ3n) is 3.58. The van der Waals surface area contributed by atoms with Crippen LogP contribution in [-0.2, 0) is 12.8 Å². The van der Waals surface area contributed by atoms with Gasteiger partial charge in [0, 0.05) is 12.1 Å². The Balaban J connectivity index is 2.22. The van der Waals surface area contributed by atoms with Crippen LogP contribution in [0.15, 0.2) is 24.3 Å². The van der Waals surface area contributed by atoms with Crippen molar-refractivity contribution < 1.29 is 0 Å². The Hall–Kier alpha value is -0.860. The molecule has 0 radical (unpaired) electrons. The van der Waals surface area contributed by atoms with E-state index >= 15 is 0 Å². The van der Waals surface area contributed by atoms with Gasteiger partial charge in [-0.1, -0.05) is 31.2 Å². The van der Waals surface area contributed by atoms with Crippen LogP contribution in [-0.4, -0.2) is 37.6 Å². The number of nitrogens with zero attached hydrogens (tertiary/aromatic N) is 1. The molecule has 0 saturated carbocycles. The number of likely N-dealkylation sites (N-methyl/N-ethyl adjacent to an activating group) is 2. The van der Waals surface area contributed by atoms with Gasteiger partial charge >= 0.3 is 0 Å². The Kier molecular flexibility index (Phi) is 3.62. The van der Waals surface area contributed by atoms with E-state index in [9.17, 15) is 0 Å². The number of fused-ring (bicyclic) bond motifs is 1. The number of hydrogen-bond donors (Lipinski definition) is 1. The summed E-state index contributed by atoms with van der Waals surface area (Å²) in [5.74, 6) is 0. The van der Waals surface area contributed by atoms with Crippen molar-refractivity contribution in [3.63, 3.8) is 0 Å². The second-order valence-corrected chi connectivity index (χ2v) is 4.87. The third-order valence-corrected chi connectivity index (χ3v) is 3.58. The van der Waals surface area contributed by atoms with Crippen LogP contribution in [0.25, 0.3) is 0 Å². The van der Waals surface area contributed by atoms with E-state index in [1.807, 2.05) is 0 Å². The van der Waals surface area contributed by atoms with Gasteiger partial charge in [0.25, 0.3) is 0 Å². The molecule has 0 unspecified atom stereocenters. The summed E-state index contributed by atoms with van der Waals surface area (Å²) < 4.78 is 0. The summed E-state index contributed by atoms with van der Waals surface area (Å²) >= 11 is 0. The summed E-state index contributed by atoms with van der Waals surface area (Å²) in [5.41, 5.74) is 3.04. The molecule has 16 heavy (non-hydrogen) atoms. The molecular formula is C14H22N2. The molecule has 2 nitrogen and oxygen atoms in total. The summed E-state index contributed by atoms with van der Waals surface area (Å²) in [4.78, 5) is 2.35. The van der Waals surface area contributed by atoms with Gasteiger partial charge in [-0.15, -0.1) is 0 Å². The molecule has 2 rings (SSSR count). The maximum absolute atomic E-state index is 3.62. The predicted octanol–water partition coefficient (Wildman–Crippen LogP) is 1.69. The van der Waals surface area contributed by atoms with Crippen molar-refractivity contribution in [1.29, 1.82) is 0 Å². The first-order chi connectivity index (χ1) is 7.72. The Bertz CT molecular complexity index is 346. The molecule has 88 valence electrons. The molecule has 0 spiro atoms. The average Bonchev–Trinajstić information content (AvgIpc) is 2.28. The second-order valence-electron chi connectivity index (χ2n) is 4.87. The van der Waals surface area contributed by atoms with E-state index in [-0.39, 0.29) is 0 Å². The normalized spacial score (nSPS) is 24.5. The summed E-state index contributed by atoms with van der Waals surface area (Å²) in [6, 6.07) is 10.1. The highest BCUT2D eigenvalue weighted by Gasteiger charge is 2.28. The van der Waals surface area contributed by atoms with Crippen molar-refractivity contribution in [3.05, 3.63) is 35.4 Å². The third kappa shape index (κ3) is 2.28. The zero-order valence-electron chi connectivity index (χ0n) is 10.5. The van der Waals surface area contributed by atoms with Crippen molar-refractivity contribution in [2.75, 3.05) is 20.6 Å². The van der Waals surface area contributed by atoms with Gasteiger partial charge in [-0.2, -0.15) is 0 Å². The predicted molar refractivity (Wildman–Crippen MR) is 68.8 cm³/mol. The van der Waals surface area contributed by atoms with Gasteiger partial charge in [0.15, 0.2) is 0 Å². The van der Waals surface area contributed by atoms with E-state index in [1.165, 1.54) is 17.5 Å². The molecule has 1 aromatic carbocycles. The smallest absolute Gasteiger partial charge is 0.0286 e. The molecule has 2 heteroatoms. The molecule has 0 bridgehead atoms. The second kappa shape index (κ2) is 4.98. The number of nitrogens with one attached hydrogen (secondary N) is 1. The lowest BCUT2D eigenvalue weighted by atomic mass is 9.84. The molecule has 0 heterocycles. The van der Waals surface area contributed by atoms with Crippen LogP contribution in [0.2, 0.25) is 0 Å². The largest absolute Gasteiger partial charge is 0.312 e. The first-order valence-electron chi connectivity index (χ1n) is 6.19. The highest BCUT2D eigenvalue weighted by Crippen LogP contribution is 2.23. The standard InChI is InChI=1S/C14H22N2/c1-4-15-13-9-11-7-5-6-8-12(11)10-14(13)16(2)3/h5-8,13-15H,4,9-10H2,1-3H3/t13-,14-/m1/s1. The van der Waals surface area contributed by atoms with Gasteiger partial charge in [0.1, 0.15) is 0 Å². The first kappa shape index (κ1) is 11.6. The minimum Gasteiger partial charge on any atom is -0.312 e. The fourth-order valence-electron chi connectivity index (χ4n) is 2.71. The van der Waals surface area contributed by atoms with Crippen LogP contribution in [0.1, 0.15) is 18.1 Å². The van der Waals surface area contributed by atoms with Gasteiger partial charge < -0.3 is 10.2 Å². The fraction of sp³-hybridized carbons (Fsp3) is 0.571. The van der Waals surface area contributed by atoms with Crippen LogP contribution < -0.4 is 5.32 Å². The molecule has 0 aromatic heterocycles. The zero-order valence-corrected chi connectivity index (χ0v) is 10.5. The number of rotatable bonds is 3. The molecule has 1 N–H and O–H groups in total. The Morgan fingerprint density at radius 2 is 1.81 bits per heavy atom. The van der Waals surface area contributed by atoms with Crippen molar-refractivity contribution in [1.82, 2.24) is 10.2 Å². The number of hydrogen-bond acceptors (Lipinski definition) is 2. The van der Waals surface area contributed by atoms with Crippen molar-refractivity contribution >= 4 is 0 Å². The minimum atomic E-state index is 0.592.